The van der Waals surface area contributed by atoms with Gasteiger partial charge in [0.2, 0.25) is 5.91 Å². The molecule has 1 saturated carbocycles. The number of non-ortho nitro benzene ring substituents is 1. The Morgan fingerprint density at radius 2 is 1.90 bits per heavy atom. The third kappa shape index (κ3) is 5.29. The summed E-state index contributed by atoms with van der Waals surface area (Å²) in [6.07, 6.45) is 5.11. The van der Waals surface area contributed by atoms with E-state index >= 15 is 0 Å². The molecule has 2 aromatic rings. The largest absolute Gasteiger partial charge is 0.467 e. The third-order valence-corrected chi connectivity index (χ3v) is 5.61. The van der Waals surface area contributed by atoms with Crippen LogP contribution in [0.3, 0.4) is 0 Å². The smallest absolute Gasteiger partial charge is 0.269 e. The Labute approximate surface area is 179 Å². The molecule has 0 spiro atoms. The van der Waals surface area contributed by atoms with Crippen LogP contribution < -0.4 is 0 Å². The minimum atomic E-state index is -0.506. The second-order valence-corrected chi connectivity index (χ2v) is 7.96. The Hall–Kier alpha value is -3.20. The van der Waals surface area contributed by atoms with Gasteiger partial charge in [0.1, 0.15) is 12.3 Å². The van der Waals surface area contributed by atoms with Crippen molar-refractivity contribution in [3.63, 3.8) is 0 Å². The summed E-state index contributed by atoms with van der Waals surface area (Å²) in [5.41, 5.74) is 0.258. The molecule has 1 aliphatic carbocycles. The van der Waals surface area contributed by atoms with Gasteiger partial charge in [0.25, 0.3) is 11.6 Å². The molecule has 1 aliphatic heterocycles. The number of ether oxygens (including phenoxy) is 1. The van der Waals surface area contributed by atoms with E-state index in [0.717, 1.165) is 25.7 Å². The Kier molecular flexibility index (Phi) is 6.31. The second-order valence-electron chi connectivity index (χ2n) is 7.96. The van der Waals surface area contributed by atoms with Gasteiger partial charge < -0.3 is 19.0 Å². The number of hydrogen-bond acceptors (Lipinski definition) is 6. The van der Waals surface area contributed by atoms with E-state index < -0.39 is 4.92 Å². The average Bonchev–Trinajstić information content (AvgIpc) is 3.23. The van der Waals surface area contributed by atoms with Crippen molar-refractivity contribution in [1.29, 1.82) is 0 Å². The Bertz CT molecular complexity index is 917. The van der Waals surface area contributed by atoms with E-state index in [-0.39, 0.29) is 36.2 Å². The maximum Gasteiger partial charge on any atom is 0.269 e. The number of nitrogens with zero attached hydrogens (tertiary/aromatic N) is 3. The van der Waals surface area contributed by atoms with Crippen molar-refractivity contribution in [1.82, 2.24) is 9.80 Å². The van der Waals surface area contributed by atoms with Crippen molar-refractivity contribution in [2.45, 2.75) is 44.4 Å². The van der Waals surface area contributed by atoms with Crippen molar-refractivity contribution >= 4 is 17.5 Å². The fourth-order valence-electron chi connectivity index (χ4n) is 3.77. The molecule has 2 aliphatic rings. The first-order valence-electron chi connectivity index (χ1n) is 10.5. The van der Waals surface area contributed by atoms with Crippen LogP contribution in [0.5, 0.6) is 0 Å². The van der Waals surface area contributed by atoms with E-state index in [1.165, 1.54) is 24.3 Å². The monoisotopic (exact) mass is 427 g/mol. The Morgan fingerprint density at radius 1 is 1.13 bits per heavy atom. The quantitative estimate of drug-likeness (QED) is 0.450. The second kappa shape index (κ2) is 9.30. The van der Waals surface area contributed by atoms with E-state index in [9.17, 15) is 19.7 Å². The van der Waals surface area contributed by atoms with E-state index in [4.69, 9.17) is 9.15 Å². The summed E-state index contributed by atoms with van der Waals surface area (Å²) >= 11 is 0. The normalized spacial score (nSPS) is 18.0. The van der Waals surface area contributed by atoms with Crippen LogP contribution in [0.15, 0.2) is 47.1 Å². The fraction of sp³-hybridized carbons (Fsp3) is 0.455. The average molecular weight is 427 g/mol. The van der Waals surface area contributed by atoms with E-state index in [2.05, 4.69) is 0 Å². The summed E-state index contributed by atoms with van der Waals surface area (Å²) < 4.78 is 11.1. The maximum absolute atomic E-state index is 13.2. The standard InChI is InChI=1S/C22H25N3O6/c26-21(23(13-19-3-1-11-30-19)14-20-4-2-12-31-20)15-24(17-9-10-17)22(27)16-5-7-18(8-6-16)25(28)29/h1,3,5-8,11,17,20H,2,4,9-10,12-15H2. The SMILES string of the molecule is O=C(CN(C(=O)c1ccc([N+](=O)[O-])cc1)C1CC1)N(Cc1ccco1)CC1CCCO1. The van der Waals surface area contributed by atoms with Crippen LogP contribution in [0.1, 0.15) is 41.8 Å². The van der Waals surface area contributed by atoms with E-state index in [1.807, 2.05) is 6.07 Å². The lowest BCUT2D eigenvalue weighted by Gasteiger charge is -2.29. The lowest BCUT2D eigenvalue weighted by molar-refractivity contribution is -0.384. The van der Waals surface area contributed by atoms with E-state index in [1.54, 1.807) is 22.1 Å². The number of carbonyl (C=O) groups is 2. The van der Waals surface area contributed by atoms with Gasteiger partial charge in [-0.3, -0.25) is 19.7 Å². The van der Waals surface area contributed by atoms with Crippen molar-refractivity contribution < 1.29 is 23.7 Å². The highest BCUT2D eigenvalue weighted by Gasteiger charge is 2.36. The summed E-state index contributed by atoms with van der Waals surface area (Å²) in [7, 11) is 0. The molecule has 1 atom stereocenters. The zero-order valence-corrected chi connectivity index (χ0v) is 17.1. The molecule has 1 saturated heterocycles. The summed E-state index contributed by atoms with van der Waals surface area (Å²) in [5, 5.41) is 10.9. The predicted molar refractivity (Wildman–Crippen MR) is 110 cm³/mol. The number of benzene rings is 1. The van der Waals surface area contributed by atoms with Gasteiger partial charge in [-0.05, 0) is 49.9 Å². The highest BCUT2D eigenvalue weighted by atomic mass is 16.6. The molecule has 2 fully saturated rings. The van der Waals surface area contributed by atoms with Gasteiger partial charge in [0.15, 0.2) is 0 Å². The van der Waals surface area contributed by atoms with Crippen molar-refractivity contribution in [3.05, 3.63) is 64.1 Å². The first-order chi connectivity index (χ1) is 15.0. The molecule has 0 bridgehead atoms. The van der Waals surface area contributed by atoms with Gasteiger partial charge in [-0.15, -0.1) is 0 Å². The Balaban J connectivity index is 1.47. The molecule has 1 aromatic heterocycles. The summed E-state index contributed by atoms with van der Waals surface area (Å²) in [6.45, 7) is 1.41. The summed E-state index contributed by atoms with van der Waals surface area (Å²) in [4.78, 5) is 39.9. The molecule has 4 rings (SSSR count). The lowest BCUT2D eigenvalue weighted by Crippen LogP contribution is -2.45. The molecule has 1 unspecified atom stereocenters. The molecular formula is C22H25N3O6. The van der Waals surface area contributed by atoms with Gasteiger partial charge >= 0.3 is 0 Å². The van der Waals surface area contributed by atoms with Gasteiger partial charge in [0.05, 0.1) is 23.8 Å². The van der Waals surface area contributed by atoms with Crippen LogP contribution in [-0.2, 0) is 16.1 Å². The molecule has 0 N–H and O–H groups in total. The maximum atomic E-state index is 13.2. The van der Waals surface area contributed by atoms with Crippen LogP contribution in [0.4, 0.5) is 5.69 Å². The highest BCUT2D eigenvalue weighted by molar-refractivity contribution is 5.97. The number of nitro benzene ring substituents is 1. The van der Waals surface area contributed by atoms with Crippen LogP contribution in [0.25, 0.3) is 0 Å². The van der Waals surface area contributed by atoms with Crippen molar-refractivity contribution in [2.75, 3.05) is 19.7 Å². The van der Waals surface area contributed by atoms with Gasteiger partial charge in [-0.1, -0.05) is 0 Å². The molecule has 9 heteroatoms. The minimum Gasteiger partial charge on any atom is -0.467 e. The summed E-state index contributed by atoms with van der Waals surface area (Å²) in [5.74, 6) is 0.209. The zero-order chi connectivity index (χ0) is 21.8. The molecule has 1 aromatic carbocycles. The molecule has 2 heterocycles. The van der Waals surface area contributed by atoms with Gasteiger partial charge in [-0.25, -0.2) is 0 Å². The van der Waals surface area contributed by atoms with Crippen LogP contribution >= 0.6 is 0 Å². The fourth-order valence-corrected chi connectivity index (χ4v) is 3.77. The predicted octanol–water partition coefficient (Wildman–Crippen LogP) is 3.00. The number of amides is 2. The van der Waals surface area contributed by atoms with Crippen LogP contribution in [0, 0.1) is 10.1 Å². The first kappa shape index (κ1) is 21.0. The zero-order valence-electron chi connectivity index (χ0n) is 17.1. The third-order valence-electron chi connectivity index (χ3n) is 5.61. The number of rotatable bonds is 9. The highest BCUT2D eigenvalue weighted by Crippen LogP contribution is 2.29. The Morgan fingerprint density at radius 3 is 2.48 bits per heavy atom. The molecule has 2 amide bonds. The lowest BCUT2D eigenvalue weighted by atomic mass is 10.1. The number of hydrogen-bond donors (Lipinski definition) is 0. The van der Waals surface area contributed by atoms with Gasteiger partial charge in [-0.2, -0.15) is 0 Å². The summed E-state index contributed by atoms with van der Waals surface area (Å²) in [6, 6.07) is 9.09. The molecule has 164 valence electrons. The first-order valence-corrected chi connectivity index (χ1v) is 10.5. The van der Waals surface area contributed by atoms with Gasteiger partial charge in [0, 0.05) is 36.9 Å². The number of nitro groups is 1. The molecular weight excluding hydrogens is 402 g/mol. The topological polar surface area (TPSA) is 106 Å². The van der Waals surface area contributed by atoms with Crippen LogP contribution in [-0.4, -0.2) is 58.4 Å². The molecule has 31 heavy (non-hydrogen) atoms. The number of carbonyl (C=O) groups excluding carboxylic acids is 2. The van der Waals surface area contributed by atoms with Crippen LogP contribution in [0.2, 0.25) is 0 Å². The van der Waals surface area contributed by atoms with Crippen molar-refractivity contribution in [2.24, 2.45) is 0 Å². The van der Waals surface area contributed by atoms with E-state index in [0.29, 0.717) is 31.0 Å². The molecule has 9 nitrogen and oxygen atoms in total. The molecule has 0 radical (unpaired) electrons. The van der Waals surface area contributed by atoms with Crippen molar-refractivity contribution in [3.8, 4) is 0 Å². The number of furan rings is 1. The minimum absolute atomic E-state index is 0.0137.